The highest BCUT2D eigenvalue weighted by atomic mass is 16.5. The fourth-order valence-electron chi connectivity index (χ4n) is 1.20. The average molecular weight is 203 g/mol. The van der Waals surface area contributed by atoms with Crippen molar-refractivity contribution in [2.24, 2.45) is 0 Å². The second-order valence-electron chi connectivity index (χ2n) is 4.23. The first-order valence-corrected chi connectivity index (χ1v) is 5.33. The van der Waals surface area contributed by atoms with Crippen LogP contribution >= 0.6 is 0 Å². The lowest BCUT2D eigenvalue weighted by Crippen LogP contribution is -2.36. The van der Waals surface area contributed by atoms with Gasteiger partial charge < -0.3 is 14.8 Å². The van der Waals surface area contributed by atoms with E-state index in [4.69, 9.17) is 9.47 Å². The van der Waals surface area contributed by atoms with E-state index in [1.54, 1.807) is 14.2 Å². The maximum absolute atomic E-state index is 5.34. The van der Waals surface area contributed by atoms with Crippen LogP contribution in [0.1, 0.15) is 33.6 Å². The third-order valence-electron chi connectivity index (χ3n) is 2.57. The summed E-state index contributed by atoms with van der Waals surface area (Å²) >= 11 is 0. The molecule has 0 amide bonds. The molecule has 0 aliphatic carbocycles. The summed E-state index contributed by atoms with van der Waals surface area (Å²) in [5, 5.41) is 3.46. The predicted molar refractivity (Wildman–Crippen MR) is 59.7 cm³/mol. The topological polar surface area (TPSA) is 30.5 Å². The Morgan fingerprint density at radius 3 is 2.36 bits per heavy atom. The molecule has 0 spiro atoms. The van der Waals surface area contributed by atoms with E-state index in [1.807, 2.05) is 0 Å². The molecule has 0 fully saturated rings. The lowest BCUT2D eigenvalue weighted by Gasteiger charge is -2.24. The molecule has 0 aliphatic rings. The molecule has 0 radical (unpaired) electrons. The minimum absolute atomic E-state index is 0.0294. The molecule has 1 atom stereocenters. The van der Waals surface area contributed by atoms with E-state index >= 15 is 0 Å². The van der Waals surface area contributed by atoms with Crippen LogP contribution in [-0.4, -0.2) is 39.0 Å². The fourth-order valence-corrected chi connectivity index (χ4v) is 1.20. The summed E-state index contributed by atoms with van der Waals surface area (Å²) in [5.41, 5.74) is -0.0294. The Balaban J connectivity index is 3.60. The Morgan fingerprint density at radius 1 is 1.29 bits per heavy atom. The van der Waals surface area contributed by atoms with Crippen molar-refractivity contribution in [2.45, 2.75) is 45.3 Å². The van der Waals surface area contributed by atoms with Crippen LogP contribution in [0.4, 0.5) is 0 Å². The third kappa shape index (κ3) is 6.35. The van der Waals surface area contributed by atoms with Gasteiger partial charge in [-0.15, -0.1) is 0 Å². The molecule has 1 unspecified atom stereocenters. The van der Waals surface area contributed by atoms with Crippen LogP contribution in [0, 0.1) is 0 Å². The Labute approximate surface area is 88.2 Å². The van der Waals surface area contributed by atoms with Gasteiger partial charge in [0, 0.05) is 20.3 Å². The van der Waals surface area contributed by atoms with Crippen LogP contribution < -0.4 is 5.32 Å². The summed E-state index contributed by atoms with van der Waals surface area (Å²) in [4.78, 5) is 0. The van der Waals surface area contributed by atoms with Gasteiger partial charge in [0.15, 0.2) is 0 Å². The first kappa shape index (κ1) is 13.9. The van der Waals surface area contributed by atoms with Gasteiger partial charge in [0.2, 0.25) is 0 Å². The van der Waals surface area contributed by atoms with Crippen molar-refractivity contribution >= 4 is 0 Å². The van der Waals surface area contributed by atoms with E-state index in [9.17, 15) is 0 Å². The number of nitrogens with one attached hydrogen (secondary N) is 1. The van der Waals surface area contributed by atoms with Crippen LogP contribution in [0.15, 0.2) is 0 Å². The molecule has 3 heteroatoms. The molecule has 14 heavy (non-hydrogen) atoms. The molecule has 1 N–H and O–H groups in total. The fraction of sp³-hybridized carbons (Fsp3) is 1.00. The zero-order valence-electron chi connectivity index (χ0n) is 10.2. The van der Waals surface area contributed by atoms with Crippen molar-refractivity contribution in [1.82, 2.24) is 5.32 Å². The molecule has 0 aromatic heterocycles. The minimum Gasteiger partial charge on any atom is -0.383 e. The maximum Gasteiger partial charge on any atom is 0.0634 e. The Bertz CT molecular complexity index is 137. The Kier molecular flexibility index (Phi) is 7.15. The van der Waals surface area contributed by atoms with Crippen molar-refractivity contribution in [1.29, 1.82) is 0 Å². The Morgan fingerprint density at radius 2 is 1.93 bits per heavy atom. The second kappa shape index (κ2) is 7.21. The second-order valence-corrected chi connectivity index (χ2v) is 4.23. The van der Waals surface area contributed by atoms with Gasteiger partial charge in [-0.3, -0.25) is 0 Å². The highest BCUT2D eigenvalue weighted by Gasteiger charge is 2.16. The van der Waals surface area contributed by atoms with E-state index in [0.29, 0.717) is 6.04 Å². The van der Waals surface area contributed by atoms with Gasteiger partial charge >= 0.3 is 0 Å². The standard InChI is InChI=1S/C11H25NO2/c1-6-10(9-13-4)12-8-7-11(2,3)14-5/h10,12H,6-9H2,1-5H3. The van der Waals surface area contributed by atoms with E-state index in [0.717, 1.165) is 26.0 Å². The molecule has 0 aromatic rings. The molecule has 0 saturated heterocycles. The monoisotopic (exact) mass is 203 g/mol. The van der Waals surface area contributed by atoms with Crippen molar-refractivity contribution < 1.29 is 9.47 Å². The largest absolute Gasteiger partial charge is 0.383 e. The van der Waals surface area contributed by atoms with E-state index in [-0.39, 0.29) is 5.60 Å². The summed E-state index contributed by atoms with van der Waals surface area (Å²) in [6.07, 6.45) is 2.12. The number of rotatable bonds is 8. The molecule has 0 aromatic carbocycles. The molecule has 0 bridgehead atoms. The van der Waals surface area contributed by atoms with Crippen molar-refractivity contribution in [2.75, 3.05) is 27.4 Å². The van der Waals surface area contributed by atoms with Crippen LogP contribution in [-0.2, 0) is 9.47 Å². The first-order valence-electron chi connectivity index (χ1n) is 5.33. The number of ether oxygens (including phenoxy) is 2. The minimum atomic E-state index is -0.0294. The van der Waals surface area contributed by atoms with Crippen LogP contribution in [0.3, 0.4) is 0 Å². The molecule has 0 heterocycles. The molecule has 0 saturated carbocycles. The lowest BCUT2D eigenvalue weighted by atomic mass is 10.1. The summed E-state index contributed by atoms with van der Waals surface area (Å²) in [7, 11) is 3.50. The summed E-state index contributed by atoms with van der Waals surface area (Å²) < 4.78 is 10.5. The first-order chi connectivity index (χ1) is 6.55. The molecule has 0 aliphatic heterocycles. The molecular weight excluding hydrogens is 178 g/mol. The van der Waals surface area contributed by atoms with Gasteiger partial charge in [-0.25, -0.2) is 0 Å². The zero-order chi connectivity index (χ0) is 11.0. The normalized spacial score (nSPS) is 14.4. The lowest BCUT2D eigenvalue weighted by molar-refractivity contribution is 0.0146. The highest BCUT2D eigenvalue weighted by Crippen LogP contribution is 2.11. The SMILES string of the molecule is CCC(COC)NCCC(C)(C)OC. The predicted octanol–water partition coefficient (Wildman–Crippen LogP) is 1.82. The maximum atomic E-state index is 5.34. The van der Waals surface area contributed by atoms with Crippen LogP contribution in [0.25, 0.3) is 0 Å². The smallest absolute Gasteiger partial charge is 0.0634 e. The number of methoxy groups -OCH3 is 2. The molecular formula is C11H25NO2. The molecule has 0 rings (SSSR count). The van der Waals surface area contributed by atoms with Gasteiger partial charge in [0.1, 0.15) is 0 Å². The zero-order valence-corrected chi connectivity index (χ0v) is 10.2. The number of hydrogen-bond acceptors (Lipinski definition) is 3. The van der Waals surface area contributed by atoms with Crippen molar-refractivity contribution in [3.05, 3.63) is 0 Å². The molecule has 86 valence electrons. The Hall–Kier alpha value is -0.120. The van der Waals surface area contributed by atoms with Crippen molar-refractivity contribution in [3.8, 4) is 0 Å². The quantitative estimate of drug-likeness (QED) is 0.652. The molecule has 3 nitrogen and oxygen atoms in total. The summed E-state index contributed by atoms with van der Waals surface area (Å²) in [5.74, 6) is 0. The third-order valence-corrected chi connectivity index (χ3v) is 2.57. The van der Waals surface area contributed by atoms with E-state index < -0.39 is 0 Å². The van der Waals surface area contributed by atoms with Gasteiger partial charge in [-0.05, 0) is 33.2 Å². The van der Waals surface area contributed by atoms with Gasteiger partial charge in [0.25, 0.3) is 0 Å². The highest BCUT2D eigenvalue weighted by molar-refractivity contribution is 4.71. The summed E-state index contributed by atoms with van der Waals surface area (Å²) in [6, 6.07) is 0.465. The number of hydrogen-bond donors (Lipinski definition) is 1. The van der Waals surface area contributed by atoms with E-state index in [1.165, 1.54) is 0 Å². The van der Waals surface area contributed by atoms with Gasteiger partial charge in [-0.2, -0.15) is 0 Å². The van der Waals surface area contributed by atoms with Gasteiger partial charge in [-0.1, -0.05) is 6.92 Å². The van der Waals surface area contributed by atoms with E-state index in [2.05, 4.69) is 26.1 Å². The van der Waals surface area contributed by atoms with Crippen LogP contribution in [0.5, 0.6) is 0 Å². The van der Waals surface area contributed by atoms with Gasteiger partial charge in [0.05, 0.1) is 12.2 Å². The summed E-state index contributed by atoms with van der Waals surface area (Å²) in [6.45, 7) is 8.13. The van der Waals surface area contributed by atoms with Crippen molar-refractivity contribution in [3.63, 3.8) is 0 Å². The van der Waals surface area contributed by atoms with Crippen LogP contribution in [0.2, 0.25) is 0 Å². The average Bonchev–Trinajstić information content (AvgIpc) is 2.16.